The van der Waals surface area contributed by atoms with Crippen LogP contribution in [0.1, 0.15) is 210 Å². The van der Waals surface area contributed by atoms with Crippen LogP contribution in [0.15, 0.2) is 145 Å². The van der Waals surface area contributed by atoms with Gasteiger partial charge in [-0.25, -0.2) is 0 Å². The van der Waals surface area contributed by atoms with Crippen LogP contribution in [-0.4, -0.2) is 6.71 Å². The van der Waals surface area contributed by atoms with Crippen molar-refractivity contribution in [2.45, 2.75) is 168 Å². The highest BCUT2D eigenvalue weighted by molar-refractivity contribution is 7.00. The summed E-state index contributed by atoms with van der Waals surface area (Å²) in [7, 11) is 0. The Kier molecular flexibility index (Phi) is 7.22. The highest BCUT2D eigenvalue weighted by Crippen LogP contribution is 2.50. The predicted octanol–water partition coefficient (Wildman–Crippen LogP) is 17.7. The summed E-state index contributed by atoms with van der Waals surface area (Å²) in [5.74, 6) is -0.762. The summed E-state index contributed by atoms with van der Waals surface area (Å²) in [6, 6.07) is -9.03. The Morgan fingerprint density at radius 1 is 0.403 bits per heavy atom. The lowest BCUT2D eigenvalue weighted by molar-refractivity contribution is 0.590. The summed E-state index contributed by atoms with van der Waals surface area (Å²) in [6.07, 6.45) is 5.31. The molecule has 3 nitrogen and oxygen atoms in total. The molecule has 4 heteroatoms. The van der Waals surface area contributed by atoms with E-state index in [-0.39, 0.29) is 102 Å². The first-order chi connectivity index (χ1) is 43.5. The van der Waals surface area contributed by atoms with Gasteiger partial charge >= 0.3 is 0 Å². The minimum atomic E-state index is -1.57. The van der Waals surface area contributed by atoms with Crippen LogP contribution in [0.5, 0.6) is 0 Å². The van der Waals surface area contributed by atoms with Crippen LogP contribution in [0.2, 0.25) is 0 Å². The van der Waals surface area contributed by atoms with Gasteiger partial charge in [0.1, 0.15) is 0 Å². The smallest absolute Gasteiger partial charge is 0.252 e. The van der Waals surface area contributed by atoms with E-state index in [0.717, 1.165) is 30.6 Å². The molecule has 0 spiro atoms. The van der Waals surface area contributed by atoms with Crippen molar-refractivity contribution in [1.29, 1.82) is 0 Å². The van der Waals surface area contributed by atoms with Crippen LogP contribution >= 0.6 is 0 Å². The fourth-order valence-corrected chi connectivity index (χ4v) is 10.5. The summed E-state index contributed by atoms with van der Waals surface area (Å²) >= 11 is 0. The maximum absolute atomic E-state index is 10.6. The zero-order chi connectivity index (χ0) is 69.6. The van der Waals surface area contributed by atoms with Gasteiger partial charge in [0.05, 0.1) is 35.8 Å². The SMILES string of the molecule is [2H]c1c([2H])c(N(c2cc3c4c(c2)N(c2c([2H])c([2H])c(C(C)(C)C)c([2H])c2[2H])c2c([2H])c([2H])c(C(C)(C)C)c([2H])c2B4c2c([2H])c(C(C)(C)C)c([2H])c([2H])c2N3c2c([2H])c([2H])c(C(C)(C)C)c([2H])c2[2H])c2c([2H])c([2H])c(C3CCCC3)c([2H])c2[2H])c([2H])c([2H])c1C1CCCC1. The molecule has 72 heavy (non-hydrogen) atoms. The molecule has 2 aliphatic carbocycles. The van der Waals surface area contributed by atoms with E-state index < -0.39 is 172 Å². The first-order valence-electron chi connectivity index (χ1n) is 36.7. The molecule has 0 atom stereocenters. The molecule has 0 aromatic heterocycles. The molecule has 0 bridgehead atoms. The van der Waals surface area contributed by atoms with E-state index in [1.807, 2.05) is 0 Å². The number of nitrogens with zero attached hydrogens (tertiary/aromatic N) is 3. The van der Waals surface area contributed by atoms with Crippen LogP contribution in [0, 0.1) is 0 Å². The Hall–Kier alpha value is -6.00. The molecule has 7 aromatic rings. The molecule has 2 saturated carbocycles. The lowest BCUT2D eigenvalue weighted by Gasteiger charge is -2.45. The number of fused-ring (bicyclic) bond motifs is 4. The quantitative estimate of drug-likeness (QED) is 0.147. The topological polar surface area (TPSA) is 9.72 Å². The summed E-state index contributed by atoms with van der Waals surface area (Å²) in [5.41, 5.74) is -7.68. The van der Waals surface area contributed by atoms with Crippen molar-refractivity contribution >= 4 is 74.3 Å². The molecular formula is C68H78BN3. The standard InChI is InChI=1S/C68H78BN3/c1-65(2,3)49-25-35-55(36-26-49)71-60-39-29-51(67(7,8)9)41-58(60)69-59-42-52(68(10,11)12)30-40-61(59)72(56-37-27-50(28-38-56)66(4,5)6)63-44-57(43-62(71)64(63)69)70(53-31-21-47(22-32-53)45-17-13-14-18-45)54-33-23-48(24-34-54)46-19-15-16-20-46/h21-46H,13-20H2,1-12H3/i21D,22D,23D,24D,25D,26D,27D,28D,29D,30D,31D,32D,33D,34D,35D,36D,37D,38D,39D,40D,41D,42D. The molecule has 0 saturated heterocycles. The van der Waals surface area contributed by atoms with Crippen molar-refractivity contribution in [3.8, 4) is 0 Å². The molecule has 0 radical (unpaired) electrons. The fourth-order valence-electron chi connectivity index (χ4n) is 10.5. The molecule has 2 aliphatic heterocycles. The van der Waals surface area contributed by atoms with Crippen molar-refractivity contribution in [3.05, 3.63) is 178 Å². The first-order valence-corrected chi connectivity index (χ1v) is 25.7. The molecule has 0 unspecified atom stereocenters. The average molecular weight is 970 g/mol. The van der Waals surface area contributed by atoms with E-state index in [1.165, 1.54) is 21.9 Å². The van der Waals surface area contributed by atoms with E-state index in [2.05, 4.69) is 0 Å². The van der Waals surface area contributed by atoms with Crippen LogP contribution in [-0.2, 0) is 21.7 Å². The third-order valence-corrected chi connectivity index (χ3v) is 14.7. The zero-order valence-electron chi connectivity index (χ0n) is 65.9. The van der Waals surface area contributed by atoms with Gasteiger partial charge in [-0.05, 0) is 182 Å². The third-order valence-electron chi connectivity index (χ3n) is 14.7. The lowest BCUT2D eigenvalue weighted by atomic mass is 9.33. The summed E-state index contributed by atoms with van der Waals surface area (Å²) in [4.78, 5) is 3.47. The maximum Gasteiger partial charge on any atom is 0.252 e. The summed E-state index contributed by atoms with van der Waals surface area (Å²) < 4.78 is 221. The second kappa shape index (κ2) is 17.9. The van der Waals surface area contributed by atoms with Gasteiger partial charge in [-0.3, -0.25) is 0 Å². The van der Waals surface area contributed by atoms with Gasteiger partial charge in [-0.1, -0.05) is 181 Å². The van der Waals surface area contributed by atoms with Gasteiger partial charge in [0.15, 0.2) is 0 Å². The van der Waals surface area contributed by atoms with E-state index in [4.69, 9.17) is 0 Å². The van der Waals surface area contributed by atoms with Gasteiger partial charge in [0.25, 0.3) is 6.71 Å². The van der Waals surface area contributed by atoms with Gasteiger partial charge in [0.2, 0.25) is 0 Å². The number of hydrogen-bond acceptors (Lipinski definition) is 3. The van der Waals surface area contributed by atoms with E-state index in [9.17, 15) is 30.2 Å². The molecule has 2 fully saturated rings. The number of rotatable bonds is 7. The van der Waals surface area contributed by atoms with E-state index >= 15 is 0 Å². The summed E-state index contributed by atoms with van der Waals surface area (Å²) in [6.45, 7) is 19.2. The molecule has 11 rings (SSSR count). The highest BCUT2D eigenvalue weighted by Gasteiger charge is 2.45. The average Bonchev–Trinajstić information content (AvgIpc) is 1.66. The van der Waals surface area contributed by atoms with Gasteiger partial charge in [0, 0.05) is 45.5 Å². The number of anilines is 9. The van der Waals surface area contributed by atoms with Gasteiger partial charge < -0.3 is 14.7 Å². The second-order valence-corrected chi connectivity index (χ2v) is 24.3. The number of hydrogen-bond donors (Lipinski definition) is 0. The first kappa shape index (κ1) is 29.0. The maximum atomic E-state index is 10.6. The molecule has 0 N–H and O–H groups in total. The van der Waals surface area contributed by atoms with Crippen molar-refractivity contribution in [3.63, 3.8) is 0 Å². The Bertz CT molecular complexity index is 4060. The molecule has 7 aromatic carbocycles. The third kappa shape index (κ3) is 8.79. The van der Waals surface area contributed by atoms with E-state index in [0.29, 0.717) is 25.7 Å². The zero-order valence-corrected chi connectivity index (χ0v) is 43.9. The van der Waals surface area contributed by atoms with Gasteiger partial charge in [-0.2, -0.15) is 0 Å². The monoisotopic (exact) mass is 970 g/mol. The largest absolute Gasteiger partial charge is 0.311 e. The van der Waals surface area contributed by atoms with Crippen LogP contribution in [0.4, 0.5) is 51.2 Å². The minimum absolute atomic E-state index is 0.0125. The van der Waals surface area contributed by atoms with Crippen molar-refractivity contribution in [2.75, 3.05) is 14.7 Å². The molecule has 4 aliphatic rings. The Morgan fingerprint density at radius 2 is 0.736 bits per heavy atom. The lowest BCUT2D eigenvalue weighted by Crippen LogP contribution is -2.61. The second-order valence-electron chi connectivity index (χ2n) is 24.3. The number of benzene rings is 7. The summed E-state index contributed by atoms with van der Waals surface area (Å²) in [5, 5.41) is 0. The predicted molar refractivity (Wildman–Crippen MR) is 312 cm³/mol. The molecule has 0 amide bonds. The highest BCUT2D eigenvalue weighted by atomic mass is 15.2. The normalized spacial score (nSPS) is 20.5. The minimum Gasteiger partial charge on any atom is -0.311 e. The van der Waals surface area contributed by atoms with Crippen LogP contribution < -0.4 is 31.1 Å². The van der Waals surface area contributed by atoms with Crippen molar-refractivity contribution in [2.24, 2.45) is 0 Å². The molecule has 368 valence electrons. The Balaban J connectivity index is 1.47. The van der Waals surface area contributed by atoms with E-state index in [1.54, 1.807) is 83.1 Å². The fraction of sp³-hybridized carbons (Fsp3) is 0.382. The van der Waals surface area contributed by atoms with Crippen molar-refractivity contribution in [1.82, 2.24) is 0 Å². The molecular weight excluding hydrogens is 870 g/mol. The Labute approximate surface area is 464 Å². The van der Waals surface area contributed by atoms with Crippen molar-refractivity contribution < 1.29 is 30.2 Å². The van der Waals surface area contributed by atoms with Crippen LogP contribution in [0.25, 0.3) is 0 Å². The Morgan fingerprint density at radius 3 is 1.07 bits per heavy atom. The molecule has 2 heterocycles. The van der Waals surface area contributed by atoms with Crippen LogP contribution in [0.3, 0.4) is 0 Å². The van der Waals surface area contributed by atoms with Gasteiger partial charge in [-0.15, -0.1) is 0 Å².